The zero-order valence-corrected chi connectivity index (χ0v) is 14.9. The molecular formula is C15H21N5OS2. The second kappa shape index (κ2) is 8.83. The maximum atomic E-state index is 12.0. The van der Waals surface area contributed by atoms with Gasteiger partial charge in [-0.3, -0.25) is 4.79 Å². The Balaban J connectivity index is 1.90. The van der Waals surface area contributed by atoms with Gasteiger partial charge in [0.05, 0.1) is 5.75 Å². The third kappa shape index (κ3) is 4.90. The summed E-state index contributed by atoms with van der Waals surface area (Å²) in [6, 6.07) is 10.1. The number of carbonyl (C=O) groups is 1. The Kier molecular flexibility index (Phi) is 6.79. The number of hydrogen-bond acceptors (Lipinski definition) is 6. The average molecular weight is 352 g/mol. The predicted octanol–water partition coefficient (Wildman–Crippen LogP) is 2.24. The van der Waals surface area contributed by atoms with Crippen LogP contribution in [0.3, 0.4) is 0 Å². The van der Waals surface area contributed by atoms with Crippen LogP contribution in [0.15, 0.2) is 40.6 Å². The number of nitrogens with two attached hydrogens (primary N) is 1. The first-order valence-electron chi connectivity index (χ1n) is 7.43. The van der Waals surface area contributed by atoms with Crippen molar-refractivity contribution in [2.24, 2.45) is 0 Å². The first-order chi connectivity index (χ1) is 11.2. The van der Waals surface area contributed by atoms with Crippen molar-refractivity contribution in [2.45, 2.75) is 29.9 Å². The lowest BCUT2D eigenvalue weighted by Crippen LogP contribution is -2.32. The summed E-state index contributed by atoms with van der Waals surface area (Å²) in [5, 5.41) is 9.37. The molecule has 8 heteroatoms. The van der Waals surface area contributed by atoms with Crippen molar-refractivity contribution in [1.29, 1.82) is 0 Å². The third-order valence-electron chi connectivity index (χ3n) is 3.28. The van der Waals surface area contributed by atoms with Gasteiger partial charge >= 0.3 is 0 Å². The molecular weight excluding hydrogens is 330 g/mol. The van der Waals surface area contributed by atoms with E-state index in [2.05, 4.69) is 22.3 Å². The Labute approximate surface area is 144 Å². The van der Waals surface area contributed by atoms with E-state index >= 15 is 0 Å². The van der Waals surface area contributed by atoms with Gasteiger partial charge in [0.2, 0.25) is 16.2 Å². The largest absolute Gasteiger partial charge is 0.343 e. The van der Waals surface area contributed by atoms with E-state index in [0.717, 1.165) is 5.75 Å². The molecule has 0 fully saturated rings. The minimum atomic E-state index is 0.0847. The molecule has 0 saturated heterocycles. The zero-order valence-electron chi connectivity index (χ0n) is 13.3. The monoisotopic (exact) mass is 351 g/mol. The number of benzene rings is 1. The molecule has 2 rings (SSSR count). The van der Waals surface area contributed by atoms with Gasteiger partial charge in [-0.05, 0) is 19.4 Å². The summed E-state index contributed by atoms with van der Waals surface area (Å²) in [6.07, 6.45) is 0. The van der Waals surface area contributed by atoms with E-state index in [0.29, 0.717) is 29.2 Å². The maximum absolute atomic E-state index is 12.0. The lowest BCUT2D eigenvalue weighted by atomic mass is 10.2. The fourth-order valence-corrected chi connectivity index (χ4v) is 3.61. The molecule has 2 N–H and O–H groups in total. The molecule has 6 nitrogen and oxygen atoms in total. The van der Waals surface area contributed by atoms with Crippen molar-refractivity contribution in [2.75, 3.05) is 24.7 Å². The number of carbonyl (C=O) groups excluding carboxylic acids is 1. The van der Waals surface area contributed by atoms with Crippen LogP contribution in [0.25, 0.3) is 0 Å². The van der Waals surface area contributed by atoms with Crippen molar-refractivity contribution in [3.63, 3.8) is 0 Å². The highest BCUT2D eigenvalue weighted by molar-refractivity contribution is 8.00. The molecule has 0 radical (unpaired) electrons. The minimum absolute atomic E-state index is 0.0847. The van der Waals surface area contributed by atoms with Crippen molar-refractivity contribution in [1.82, 2.24) is 19.8 Å². The van der Waals surface area contributed by atoms with E-state index in [1.807, 2.05) is 32.0 Å². The van der Waals surface area contributed by atoms with Crippen LogP contribution in [0.4, 0.5) is 0 Å². The van der Waals surface area contributed by atoms with Crippen molar-refractivity contribution >= 4 is 29.4 Å². The van der Waals surface area contributed by atoms with E-state index < -0.39 is 0 Å². The third-order valence-corrected chi connectivity index (χ3v) is 5.23. The molecule has 0 aliphatic heterocycles. The maximum Gasteiger partial charge on any atom is 0.233 e. The van der Waals surface area contributed by atoms with E-state index in [1.165, 1.54) is 33.8 Å². The Morgan fingerprint density at radius 3 is 2.35 bits per heavy atom. The number of aromatic nitrogens is 3. The average Bonchev–Trinajstić information content (AvgIpc) is 2.93. The second-order valence-corrected chi connectivity index (χ2v) is 6.65. The van der Waals surface area contributed by atoms with Gasteiger partial charge in [-0.25, -0.2) is 4.68 Å². The molecule has 0 unspecified atom stereocenters. The van der Waals surface area contributed by atoms with Gasteiger partial charge in [-0.15, -0.1) is 10.2 Å². The van der Waals surface area contributed by atoms with Crippen molar-refractivity contribution in [3.8, 4) is 0 Å². The molecule has 1 aromatic carbocycles. The van der Waals surface area contributed by atoms with Gasteiger partial charge in [-0.1, -0.05) is 53.9 Å². The molecule has 23 heavy (non-hydrogen) atoms. The molecule has 124 valence electrons. The Bertz CT molecular complexity index is 628. The highest BCUT2D eigenvalue weighted by atomic mass is 32.2. The van der Waals surface area contributed by atoms with Crippen molar-refractivity contribution in [3.05, 3.63) is 35.9 Å². The molecule has 0 aliphatic rings. The molecule has 1 amide bonds. The SMILES string of the molecule is CCN(CC)C(=O)CSc1nnc(SCc2ccccc2)n1N. The summed E-state index contributed by atoms with van der Waals surface area (Å²) in [5.74, 6) is 7.20. The van der Waals surface area contributed by atoms with E-state index in [9.17, 15) is 4.79 Å². The first kappa shape index (κ1) is 17.7. The second-order valence-electron chi connectivity index (χ2n) is 4.76. The summed E-state index contributed by atoms with van der Waals surface area (Å²) < 4.78 is 1.45. The number of rotatable bonds is 8. The van der Waals surface area contributed by atoms with Crippen LogP contribution in [0.5, 0.6) is 0 Å². The number of nitrogen functional groups attached to an aromatic ring is 1. The van der Waals surface area contributed by atoms with Gasteiger partial charge in [0.1, 0.15) is 0 Å². The van der Waals surface area contributed by atoms with Crippen LogP contribution < -0.4 is 5.84 Å². The van der Waals surface area contributed by atoms with Gasteiger partial charge in [-0.2, -0.15) is 0 Å². The quantitative estimate of drug-likeness (QED) is 0.581. The van der Waals surface area contributed by atoms with Crippen LogP contribution in [0.2, 0.25) is 0 Å². The summed E-state index contributed by atoms with van der Waals surface area (Å²) >= 11 is 2.84. The van der Waals surface area contributed by atoms with Gasteiger partial charge in [0.15, 0.2) is 0 Å². The van der Waals surface area contributed by atoms with E-state index in [1.54, 1.807) is 4.90 Å². The van der Waals surface area contributed by atoms with Gasteiger partial charge < -0.3 is 10.7 Å². The van der Waals surface area contributed by atoms with E-state index in [4.69, 9.17) is 5.84 Å². The molecule has 0 atom stereocenters. The molecule has 0 bridgehead atoms. The van der Waals surface area contributed by atoms with E-state index in [-0.39, 0.29) is 5.91 Å². The Hall–Kier alpha value is -1.67. The van der Waals surface area contributed by atoms with Crippen LogP contribution in [-0.4, -0.2) is 44.5 Å². The molecule has 1 aromatic heterocycles. The van der Waals surface area contributed by atoms with Gasteiger partial charge in [0, 0.05) is 18.8 Å². The topological polar surface area (TPSA) is 77.0 Å². The number of thioether (sulfide) groups is 2. The number of nitrogens with zero attached hydrogens (tertiary/aromatic N) is 4. The van der Waals surface area contributed by atoms with Crippen LogP contribution >= 0.6 is 23.5 Å². The number of hydrogen-bond donors (Lipinski definition) is 1. The molecule has 0 saturated carbocycles. The minimum Gasteiger partial charge on any atom is -0.343 e. The standard InChI is InChI=1S/C15H21N5OS2/c1-3-19(4-2)13(21)11-23-15-18-17-14(20(15)16)22-10-12-8-6-5-7-9-12/h5-9H,3-4,10-11,16H2,1-2H3. The van der Waals surface area contributed by atoms with Crippen LogP contribution in [-0.2, 0) is 10.5 Å². The lowest BCUT2D eigenvalue weighted by Gasteiger charge is -2.17. The summed E-state index contributed by atoms with van der Waals surface area (Å²) in [7, 11) is 0. The summed E-state index contributed by atoms with van der Waals surface area (Å²) in [6.45, 7) is 5.36. The molecule has 0 aliphatic carbocycles. The smallest absolute Gasteiger partial charge is 0.233 e. The fraction of sp³-hybridized carbons (Fsp3) is 0.400. The predicted molar refractivity (Wildman–Crippen MR) is 94.8 cm³/mol. The molecule has 2 aromatic rings. The Morgan fingerprint density at radius 1 is 1.13 bits per heavy atom. The van der Waals surface area contributed by atoms with Crippen LogP contribution in [0.1, 0.15) is 19.4 Å². The Morgan fingerprint density at radius 2 is 1.74 bits per heavy atom. The van der Waals surface area contributed by atoms with Crippen LogP contribution in [0, 0.1) is 0 Å². The number of amides is 1. The fourth-order valence-electron chi connectivity index (χ4n) is 1.98. The molecule has 0 spiro atoms. The first-order valence-corrected chi connectivity index (χ1v) is 9.40. The van der Waals surface area contributed by atoms with Gasteiger partial charge in [0.25, 0.3) is 0 Å². The highest BCUT2D eigenvalue weighted by Gasteiger charge is 2.15. The molecule has 1 heterocycles. The lowest BCUT2D eigenvalue weighted by molar-refractivity contribution is -0.127. The summed E-state index contributed by atoms with van der Waals surface area (Å²) in [5.41, 5.74) is 1.20. The highest BCUT2D eigenvalue weighted by Crippen LogP contribution is 2.23. The zero-order chi connectivity index (χ0) is 16.7. The normalized spacial score (nSPS) is 10.7. The van der Waals surface area contributed by atoms with Crippen molar-refractivity contribution < 1.29 is 4.79 Å². The summed E-state index contributed by atoms with van der Waals surface area (Å²) in [4.78, 5) is 13.8.